The first-order valence-corrected chi connectivity index (χ1v) is 10.2. The first kappa shape index (κ1) is 17.0. The minimum Gasteiger partial charge on any atom is -0.368 e. The summed E-state index contributed by atoms with van der Waals surface area (Å²) in [6.45, 7) is 5.06. The lowest BCUT2D eigenvalue weighted by molar-refractivity contribution is -0.250. The highest BCUT2D eigenvalue weighted by Gasteiger charge is 2.58. The van der Waals surface area contributed by atoms with Crippen LogP contribution in [0.15, 0.2) is 16.8 Å². The van der Waals surface area contributed by atoms with E-state index in [0.717, 1.165) is 19.3 Å². The average Bonchev–Trinajstić information content (AvgIpc) is 3.22. The van der Waals surface area contributed by atoms with Crippen molar-refractivity contribution in [2.24, 2.45) is 5.92 Å². The third kappa shape index (κ3) is 3.42. The van der Waals surface area contributed by atoms with Gasteiger partial charge >= 0.3 is 0 Å². The number of thiophene rings is 1. The van der Waals surface area contributed by atoms with Crippen LogP contribution in [-0.4, -0.2) is 30.4 Å². The molecule has 1 aromatic heterocycles. The lowest BCUT2D eigenvalue weighted by Gasteiger charge is -2.34. The van der Waals surface area contributed by atoms with Crippen LogP contribution in [0, 0.1) is 5.92 Å². The van der Waals surface area contributed by atoms with Crippen LogP contribution in [0.5, 0.6) is 0 Å². The fraction of sp³-hybridized carbons (Fsp3) is 0.789. The Morgan fingerprint density at radius 3 is 2.79 bits per heavy atom. The Kier molecular flexibility index (Phi) is 4.98. The molecule has 134 valence electrons. The van der Waals surface area contributed by atoms with Gasteiger partial charge in [-0.3, -0.25) is 0 Å². The standard InChI is InChI=1S/C19H28O4S/c1-13(2)10-15-16(20-11-14-6-9-24-12-14)17-18(21-15)23-19(22-17)7-4-3-5-8-19/h6,9,12-13,15-18H,3-5,7-8,10-11H2,1-2H3/t15-,16+,17-,18-/m1/s1. The molecule has 1 spiro atoms. The van der Waals surface area contributed by atoms with Gasteiger partial charge in [-0.25, -0.2) is 0 Å². The highest BCUT2D eigenvalue weighted by atomic mass is 32.1. The topological polar surface area (TPSA) is 36.9 Å². The maximum absolute atomic E-state index is 6.44. The zero-order valence-corrected chi connectivity index (χ0v) is 15.4. The van der Waals surface area contributed by atoms with E-state index in [2.05, 4.69) is 30.7 Å². The Labute approximate surface area is 148 Å². The van der Waals surface area contributed by atoms with E-state index >= 15 is 0 Å². The third-order valence-corrected chi connectivity index (χ3v) is 6.02. The maximum atomic E-state index is 6.44. The highest BCUT2D eigenvalue weighted by molar-refractivity contribution is 7.07. The fourth-order valence-electron chi connectivity index (χ4n) is 4.15. The molecule has 0 amide bonds. The predicted octanol–water partition coefficient (Wildman–Crippen LogP) is 4.48. The van der Waals surface area contributed by atoms with Crippen molar-refractivity contribution in [2.75, 3.05) is 0 Å². The summed E-state index contributed by atoms with van der Waals surface area (Å²) in [7, 11) is 0. The van der Waals surface area contributed by atoms with Crippen molar-refractivity contribution in [3.05, 3.63) is 22.4 Å². The van der Waals surface area contributed by atoms with Crippen LogP contribution in [0.3, 0.4) is 0 Å². The lowest BCUT2D eigenvalue weighted by Crippen LogP contribution is -2.40. The van der Waals surface area contributed by atoms with Crippen LogP contribution < -0.4 is 0 Å². The van der Waals surface area contributed by atoms with Gasteiger partial charge in [0.15, 0.2) is 12.1 Å². The molecule has 0 aromatic carbocycles. The van der Waals surface area contributed by atoms with Crippen LogP contribution >= 0.6 is 11.3 Å². The second-order valence-electron chi connectivity index (χ2n) is 7.75. The van der Waals surface area contributed by atoms with Gasteiger partial charge < -0.3 is 18.9 Å². The number of hydrogen-bond donors (Lipinski definition) is 0. The molecule has 4 rings (SSSR count). The molecule has 0 N–H and O–H groups in total. The molecule has 0 bridgehead atoms. The Hall–Kier alpha value is -0.460. The molecule has 0 radical (unpaired) electrons. The summed E-state index contributed by atoms with van der Waals surface area (Å²) in [5.41, 5.74) is 1.22. The molecule has 5 heteroatoms. The largest absolute Gasteiger partial charge is 0.368 e. The van der Waals surface area contributed by atoms with Crippen molar-refractivity contribution in [3.63, 3.8) is 0 Å². The number of fused-ring (bicyclic) bond motifs is 1. The van der Waals surface area contributed by atoms with Crippen LogP contribution in [0.4, 0.5) is 0 Å². The van der Waals surface area contributed by atoms with Gasteiger partial charge in [-0.05, 0) is 47.6 Å². The first-order chi connectivity index (χ1) is 11.7. The Bertz CT molecular complexity index is 523. The van der Waals surface area contributed by atoms with Crippen LogP contribution in [-0.2, 0) is 25.6 Å². The van der Waals surface area contributed by atoms with Gasteiger partial charge in [0.2, 0.25) is 0 Å². The lowest BCUT2D eigenvalue weighted by atomic mass is 9.94. The Morgan fingerprint density at radius 1 is 1.25 bits per heavy atom. The molecule has 1 aliphatic carbocycles. The van der Waals surface area contributed by atoms with E-state index in [1.54, 1.807) is 11.3 Å². The summed E-state index contributed by atoms with van der Waals surface area (Å²) >= 11 is 1.70. The minimum atomic E-state index is -0.416. The molecular formula is C19H28O4S. The minimum absolute atomic E-state index is 0.0430. The molecule has 2 aliphatic heterocycles. The quantitative estimate of drug-likeness (QED) is 0.783. The van der Waals surface area contributed by atoms with E-state index in [-0.39, 0.29) is 24.6 Å². The molecular weight excluding hydrogens is 324 g/mol. The SMILES string of the molecule is CC(C)C[C@H]1O[C@@H]2OC3(CCCCC3)O[C@@H]2[C@H]1OCc1ccsc1. The number of rotatable bonds is 5. The molecule has 3 aliphatic rings. The van der Waals surface area contributed by atoms with Crippen molar-refractivity contribution < 1.29 is 18.9 Å². The second-order valence-corrected chi connectivity index (χ2v) is 8.53. The zero-order chi connectivity index (χ0) is 16.6. The average molecular weight is 352 g/mol. The van der Waals surface area contributed by atoms with Crippen molar-refractivity contribution in [2.45, 2.75) is 89.4 Å². The van der Waals surface area contributed by atoms with Crippen LogP contribution in [0.25, 0.3) is 0 Å². The van der Waals surface area contributed by atoms with Gasteiger partial charge in [0, 0.05) is 12.8 Å². The molecule has 1 saturated carbocycles. The monoisotopic (exact) mass is 352 g/mol. The Balaban J connectivity index is 1.46. The van der Waals surface area contributed by atoms with Crippen molar-refractivity contribution in [3.8, 4) is 0 Å². The summed E-state index contributed by atoms with van der Waals surface area (Å²) in [5.74, 6) is 0.144. The Morgan fingerprint density at radius 2 is 2.08 bits per heavy atom. The second kappa shape index (κ2) is 7.04. The smallest absolute Gasteiger partial charge is 0.190 e. The normalized spacial score (nSPS) is 35.0. The first-order valence-electron chi connectivity index (χ1n) is 9.29. The van der Waals surface area contributed by atoms with E-state index < -0.39 is 5.79 Å². The predicted molar refractivity (Wildman–Crippen MR) is 92.8 cm³/mol. The summed E-state index contributed by atoms with van der Waals surface area (Å²) < 4.78 is 25.2. The van der Waals surface area contributed by atoms with Gasteiger partial charge in [-0.1, -0.05) is 20.3 Å². The molecule has 4 nitrogen and oxygen atoms in total. The maximum Gasteiger partial charge on any atom is 0.190 e. The van der Waals surface area contributed by atoms with Crippen LogP contribution in [0.1, 0.15) is 57.9 Å². The number of hydrogen-bond acceptors (Lipinski definition) is 5. The van der Waals surface area contributed by atoms with Crippen molar-refractivity contribution >= 4 is 11.3 Å². The molecule has 24 heavy (non-hydrogen) atoms. The van der Waals surface area contributed by atoms with E-state index in [9.17, 15) is 0 Å². The molecule has 0 unspecified atom stereocenters. The molecule has 4 atom stereocenters. The van der Waals surface area contributed by atoms with E-state index in [1.807, 2.05) is 0 Å². The van der Waals surface area contributed by atoms with E-state index in [0.29, 0.717) is 12.5 Å². The van der Waals surface area contributed by atoms with Crippen molar-refractivity contribution in [1.82, 2.24) is 0 Å². The van der Waals surface area contributed by atoms with Gasteiger partial charge in [0.05, 0.1) is 12.7 Å². The van der Waals surface area contributed by atoms with Crippen molar-refractivity contribution in [1.29, 1.82) is 0 Å². The summed E-state index contributed by atoms with van der Waals surface area (Å²) in [4.78, 5) is 0. The molecule has 2 saturated heterocycles. The number of ether oxygens (including phenoxy) is 4. The highest BCUT2D eigenvalue weighted by Crippen LogP contribution is 2.46. The zero-order valence-electron chi connectivity index (χ0n) is 14.6. The summed E-state index contributed by atoms with van der Waals surface area (Å²) in [5, 5.41) is 4.23. The van der Waals surface area contributed by atoms with Gasteiger partial charge in [0.25, 0.3) is 0 Å². The third-order valence-electron chi connectivity index (χ3n) is 5.29. The summed E-state index contributed by atoms with van der Waals surface area (Å²) in [6, 6.07) is 2.12. The molecule has 3 fully saturated rings. The fourth-order valence-corrected chi connectivity index (χ4v) is 4.80. The molecule has 3 heterocycles. The van der Waals surface area contributed by atoms with Crippen LogP contribution in [0.2, 0.25) is 0 Å². The van der Waals surface area contributed by atoms with E-state index in [4.69, 9.17) is 18.9 Å². The molecule has 1 aromatic rings. The van der Waals surface area contributed by atoms with Gasteiger partial charge in [0.1, 0.15) is 12.2 Å². The summed E-state index contributed by atoms with van der Waals surface area (Å²) in [6.07, 6.45) is 6.22. The van der Waals surface area contributed by atoms with Gasteiger partial charge in [-0.15, -0.1) is 0 Å². The van der Waals surface area contributed by atoms with E-state index in [1.165, 1.54) is 24.8 Å². The van der Waals surface area contributed by atoms with Gasteiger partial charge in [-0.2, -0.15) is 11.3 Å².